The van der Waals surface area contributed by atoms with Crippen LogP contribution in [0.4, 0.5) is 0 Å². The molecule has 0 aliphatic carbocycles. The third kappa shape index (κ3) is 2.77. The van der Waals surface area contributed by atoms with Crippen LogP contribution >= 0.6 is 0 Å². The van der Waals surface area contributed by atoms with E-state index in [0.29, 0.717) is 24.2 Å². The van der Waals surface area contributed by atoms with Crippen molar-refractivity contribution in [3.63, 3.8) is 0 Å². The molecular weight excluding hydrogens is 276 g/mol. The average Bonchev–Trinajstić information content (AvgIpc) is 2.97. The highest BCUT2D eigenvalue weighted by Gasteiger charge is 2.36. The number of H-pyrrole nitrogens is 1. The molecule has 0 spiro atoms. The molecule has 2 heterocycles. The monoisotopic (exact) mass is 300 g/mol. The zero-order valence-corrected chi connectivity index (χ0v) is 13.0. The molecule has 1 fully saturated rings. The molecule has 20 heavy (non-hydrogen) atoms. The van der Waals surface area contributed by atoms with Gasteiger partial charge in [0.15, 0.2) is 0 Å². The lowest BCUT2D eigenvalue weighted by Gasteiger charge is -2.40. The van der Waals surface area contributed by atoms with E-state index < -0.39 is 10.0 Å². The summed E-state index contributed by atoms with van der Waals surface area (Å²) >= 11 is 0. The molecule has 2 N–H and O–H groups in total. The summed E-state index contributed by atoms with van der Waals surface area (Å²) in [6.45, 7) is 5.37. The Morgan fingerprint density at radius 1 is 1.30 bits per heavy atom. The van der Waals surface area contributed by atoms with Gasteiger partial charge >= 0.3 is 0 Å². The molecule has 0 radical (unpaired) electrons. The summed E-state index contributed by atoms with van der Waals surface area (Å²) in [6.07, 6.45) is 5.53. The average molecular weight is 300 g/mol. The summed E-state index contributed by atoms with van der Waals surface area (Å²) < 4.78 is 26.6. The van der Waals surface area contributed by atoms with E-state index in [1.807, 2.05) is 0 Å². The minimum absolute atomic E-state index is 0.176. The standard InChI is InChI=1S/C14H24N2O3S/c1-3-14(4-2)5-7-16(8-6-14)20(18,19)13-9-12(11-17)15-10-13/h9-10,15,17H,3-8,11H2,1-2H3. The van der Waals surface area contributed by atoms with Gasteiger partial charge in [-0.05, 0) is 24.3 Å². The number of aliphatic hydroxyl groups excluding tert-OH is 1. The van der Waals surface area contributed by atoms with E-state index in [2.05, 4.69) is 18.8 Å². The maximum absolute atomic E-state index is 12.5. The molecule has 114 valence electrons. The second kappa shape index (κ2) is 5.87. The number of nitrogens with one attached hydrogen (secondary N) is 1. The van der Waals surface area contributed by atoms with Crippen LogP contribution in [0.3, 0.4) is 0 Å². The summed E-state index contributed by atoms with van der Waals surface area (Å²) in [6, 6.07) is 1.51. The number of aliphatic hydroxyl groups is 1. The third-order valence-electron chi connectivity index (χ3n) is 4.81. The van der Waals surface area contributed by atoms with Crippen molar-refractivity contribution in [2.24, 2.45) is 5.41 Å². The highest BCUT2D eigenvalue weighted by Crippen LogP contribution is 2.39. The van der Waals surface area contributed by atoms with Crippen LogP contribution in [-0.2, 0) is 16.6 Å². The van der Waals surface area contributed by atoms with Crippen LogP contribution in [0, 0.1) is 5.41 Å². The van der Waals surface area contributed by atoms with Crippen molar-refractivity contribution >= 4 is 10.0 Å². The Hall–Kier alpha value is -0.850. The number of hydrogen-bond acceptors (Lipinski definition) is 3. The number of hydrogen-bond donors (Lipinski definition) is 2. The first-order chi connectivity index (χ1) is 9.47. The Labute approximate surface area is 121 Å². The van der Waals surface area contributed by atoms with Crippen LogP contribution in [0.2, 0.25) is 0 Å². The Kier molecular flexibility index (Phi) is 4.56. The van der Waals surface area contributed by atoms with Crippen LogP contribution in [0.25, 0.3) is 0 Å². The van der Waals surface area contributed by atoms with Gasteiger partial charge in [0.25, 0.3) is 0 Å². The van der Waals surface area contributed by atoms with Crippen LogP contribution in [0.15, 0.2) is 17.2 Å². The van der Waals surface area contributed by atoms with Gasteiger partial charge in [-0.15, -0.1) is 0 Å². The van der Waals surface area contributed by atoms with Crippen molar-refractivity contribution in [3.8, 4) is 0 Å². The van der Waals surface area contributed by atoms with Crippen LogP contribution in [0.1, 0.15) is 45.2 Å². The molecule has 0 amide bonds. The highest BCUT2D eigenvalue weighted by atomic mass is 32.2. The fraction of sp³-hybridized carbons (Fsp3) is 0.714. The zero-order valence-electron chi connectivity index (χ0n) is 12.2. The van der Waals surface area contributed by atoms with Gasteiger partial charge < -0.3 is 10.1 Å². The molecule has 5 nitrogen and oxygen atoms in total. The minimum atomic E-state index is -3.43. The molecule has 1 aromatic rings. The Morgan fingerprint density at radius 2 is 1.90 bits per heavy atom. The normalized spacial score (nSPS) is 20.1. The van der Waals surface area contributed by atoms with Crippen LogP contribution < -0.4 is 0 Å². The lowest BCUT2D eigenvalue weighted by atomic mass is 9.75. The van der Waals surface area contributed by atoms with Crippen LogP contribution in [-0.4, -0.2) is 35.9 Å². The predicted octanol–water partition coefficient (Wildman–Crippen LogP) is 2.10. The zero-order chi connectivity index (χ0) is 14.8. The third-order valence-corrected chi connectivity index (χ3v) is 6.68. The van der Waals surface area contributed by atoms with E-state index in [1.54, 1.807) is 4.31 Å². The largest absolute Gasteiger partial charge is 0.390 e. The molecule has 0 unspecified atom stereocenters. The summed E-state index contributed by atoms with van der Waals surface area (Å²) in [5, 5.41) is 9.02. The van der Waals surface area contributed by atoms with Gasteiger partial charge in [-0.25, -0.2) is 8.42 Å². The van der Waals surface area contributed by atoms with Crippen molar-refractivity contribution in [2.75, 3.05) is 13.1 Å². The lowest BCUT2D eigenvalue weighted by Crippen LogP contribution is -2.42. The molecular formula is C14H24N2O3S. The number of piperidine rings is 1. The molecule has 0 bridgehead atoms. The molecule has 0 atom stereocenters. The van der Waals surface area contributed by atoms with E-state index in [1.165, 1.54) is 12.3 Å². The first-order valence-electron chi connectivity index (χ1n) is 7.26. The molecule has 1 aliphatic rings. The maximum Gasteiger partial charge on any atom is 0.244 e. The van der Waals surface area contributed by atoms with Gasteiger partial charge in [-0.2, -0.15) is 4.31 Å². The minimum Gasteiger partial charge on any atom is -0.390 e. The Morgan fingerprint density at radius 3 is 2.35 bits per heavy atom. The van der Waals surface area contributed by atoms with Crippen molar-refractivity contribution in [3.05, 3.63) is 18.0 Å². The summed E-state index contributed by atoms with van der Waals surface area (Å²) in [4.78, 5) is 3.04. The van der Waals surface area contributed by atoms with Gasteiger partial charge in [0, 0.05) is 25.0 Å². The molecule has 0 aromatic carbocycles. The number of aromatic nitrogens is 1. The van der Waals surface area contributed by atoms with E-state index in [9.17, 15) is 8.42 Å². The molecule has 1 aliphatic heterocycles. The topological polar surface area (TPSA) is 73.4 Å². The molecule has 0 saturated carbocycles. The van der Waals surface area contributed by atoms with E-state index in [-0.39, 0.29) is 11.5 Å². The maximum atomic E-state index is 12.5. The van der Waals surface area contributed by atoms with Gasteiger partial charge in [0.05, 0.1) is 11.5 Å². The van der Waals surface area contributed by atoms with Crippen molar-refractivity contribution < 1.29 is 13.5 Å². The summed E-state index contributed by atoms with van der Waals surface area (Å²) in [5.41, 5.74) is 0.831. The van der Waals surface area contributed by atoms with Crippen molar-refractivity contribution in [1.82, 2.24) is 9.29 Å². The molecule has 2 rings (SSSR count). The van der Waals surface area contributed by atoms with Gasteiger partial charge in [0.2, 0.25) is 10.0 Å². The first kappa shape index (κ1) is 15.5. The molecule has 6 heteroatoms. The first-order valence-corrected chi connectivity index (χ1v) is 8.70. The predicted molar refractivity (Wildman–Crippen MR) is 77.7 cm³/mol. The lowest BCUT2D eigenvalue weighted by molar-refractivity contribution is 0.141. The van der Waals surface area contributed by atoms with Crippen molar-refractivity contribution in [1.29, 1.82) is 0 Å². The fourth-order valence-corrected chi connectivity index (χ4v) is 4.43. The Bertz CT molecular complexity index is 537. The smallest absolute Gasteiger partial charge is 0.244 e. The second-order valence-electron chi connectivity index (χ2n) is 5.63. The summed E-state index contributed by atoms with van der Waals surface area (Å²) in [7, 11) is -3.43. The number of rotatable bonds is 5. The quantitative estimate of drug-likeness (QED) is 0.874. The number of aromatic amines is 1. The second-order valence-corrected chi connectivity index (χ2v) is 7.57. The Balaban J connectivity index is 2.13. The van der Waals surface area contributed by atoms with E-state index >= 15 is 0 Å². The van der Waals surface area contributed by atoms with E-state index in [4.69, 9.17) is 5.11 Å². The number of nitrogens with zero attached hydrogens (tertiary/aromatic N) is 1. The van der Waals surface area contributed by atoms with Gasteiger partial charge in [-0.1, -0.05) is 26.7 Å². The number of sulfonamides is 1. The van der Waals surface area contributed by atoms with E-state index in [0.717, 1.165) is 25.7 Å². The van der Waals surface area contributed by atoms with Crippen molar-refractivity contribution in [2.45, 2.75) is 51.0 Å². The van der Waals surface area contributed by atoms with Crippen LogP contribution in [0.5, 0.6) is 0 Å². The van der Waals surface area contributed by atoms with Gasteiger partial charge in [0.1, 0.15) is 0 Å². The SMILES string of the molecule is CCC1(CC)CCN(S(=O)(=O)c2c[nH]c(CO)c2)CC1. The van der Waals surface area contributed by atoms with Gasteiger partial charge in [-0.3, -0.25) is 0 Å². The molecule has 1 saturated heterocycles. The fourth-order valence-electron chi connectivity index (χ4n) is 2.97. The summed E-state index contributed by atoms with van der Waals surface area (Å²) in [5.74, 6) is 0. The highest BCUT2D eigenvalue weighted by molar-refractivity contribution is 7.89. The molecule has 1 aromatic heterocycles.